The number of fused-ring (bicyclic) bond motifs is 1. The van der Waals surface area contributed by atoms with Crippen LogP contribution >= 0.6 is 0 Å². The highest BCUT2D eigenvalue weighted by molar-refractivity contribution is 5.97. The number of hydrogen-bond donors (Lipinski definition) is 16. The number of amides is 9. The number of nitrogens with zero attached hydrogens (tertiary/aromatic N) is 6. The molecule has 0 radical (unpaired) electrons. The standard InChI is InChI=1S/C72H103N19O15/c73-67(102)55(23-11-13-28-77-60(92)25-8-3-12-27-78-63(95)44-88-30-32-89(45-64(96)97)34-36-91(47-66(100)101)37-35-90(33-31-88)46-65(98)99)83-62(94)43-81-68(103)58(39-51-41-80-54-22-10-9-21-53(51)54)87-69(104)56(24-15-29-79-72(74)75)85-70(105)57(38-50-18-6-2-7-19-50)86-71(106)59(40-52-42-76-48-82-52)84-61(93)26-14-20-49-16-4-1-5-17-49/h1-2,4-7,9-10,16-19,21-22,41-42,48,55-59,80H,3,8,11-15,20,23-40,43-47H2,(H2,73,102)(H,76,82)(H,77,92)(H,78,95)(H,81,103)(H,83,94)(H,84,93)(H,85,105)(H,86,106)(H,87,104)(H,96,97)(H,98,99)(H,100,101)(H4,74,75,79)/t55-,56-,57-,58-,59-/m0/s1. The van der Waals surface area contributed by atoms with Crippen LogP contribution in [0.15, 0.2) is 109 Å². The molecule has 34 heteroatoms. The Labute approximate surface area is 614 Å². The molecule has 2 aromatic heterocycles. The monoisotopic (exact) mass is 1470 g/mol. The van der Waals surface area contributed by atoms with E-state index in [2.05, 4.69) is 62.5 Å². The van der Waals surface area contributed by atoms with E-state index in [0.29, 0.717) is 81.4 Å². The number of nitrogens with one attached hydrogen (secondary N) is 10. The second-order valence-electron chi connectivity index (χ2n) is 26.2. The highest BCUT2D eigenvalue weighted by atomic mass is 16.4. The van der Waals surface area contributed by atoms with Crippen LogP contribution in [0.25, 0.3) is 10.9 Å². The summed E-state index contributed by atoms with van der Waals surface area (Å²) in [5.41, 5.74) is 20.6. The Morgan fingerprint density at radius 2 is 0.962 bits per heavy atom. The SMILES string of the molecule is NC(=O)[C@H](CCCCNC(=O)CCCCCNC(=O)CN1CCN(CC(=O)O)CCN(CC(=O)O)CCN(CC(=O)O)CC1)NC(=O)CNC(=O)[C@H](Cc1c[nH]c2ccccc12)NC(=O)[C@H](CCCN=C(N)N)NC(=O)[C@H](Cc1ccccc1)NC(=O)[C@H](Cc1cnc[nH]1)NC(=O)CCCc1ccccc1. The van der Waals surface area contributed by atoms with Crippen molar-refractivity contribution in [2.24, 2.45) is 22.2 Å². The second-order valence-corrected chi connectivity index (χ2v) is 26.2. The first-order valence-electron chi connectivity index (χ1n) is 35.8. The number of aromatic amines is 2. The Bertz CT molecular complexity index is 3640. The van der Waals surface area contributed by atoms with E-state index < -0.39 is 90.1 Å². The fourth-order valence-electron chi connectivity index (χ4n) is 12.0. The second kappa shape index (κ2) is 46.1. The zero-order valence-corrected chi connectivity index (χ0v) is 59.8. The van der Waals surface area contributed by atoms with Crippen molar-refractivity contribution < 1.29 is 72.9 Å². The minimum atomic E-state index is -1.38. The van der Waals surface area contributed by atoms with Crippen LogP contribution < -0.4 is 59.7 Å². The average Bonchev–Trinajstić information content (AvgIpc) is 1.59. The number of benzene rings is 3. The number of aliphatic carboxylic acids is 3. The fourth-order valence-corrected chi connectivity index (χ4v) is 12.0. The number of nitrogens with two attached hydrogens (primary N) is 3. The number of H-pyrrole nitrogens is 2. The lowest BCUT2D eigenvalue weighted by Gasteiger charge is -2.32. The molecule has 34 nitrogen and oxygen atoms in total. The molecule has 1 saturated heterocycles. The normalized spacial score (nSPS) is 14.8. The van der Waals surface area contributed by atoms with E-state index in [1.54, 1.807) is 57.3 Å². The van der Waals surface area contributed by atoms with Gasteiger partial charge in [0.05, 0.1) is 39.1 Å². The number of carboxylic acid groups (broad SMARTS) is 3. The fraction of sp³-hybridized carbons (Fsp3) is 0.500. The summed E-state index contributed by atoms with van der Waals surface area (Å²) in [6.07, 6.45) is 8.62. The molecule has 6 rings (SSSR count). The summed E-state index contributed by atoms with van der Waals surface area (Å²) < 4.78 is 0. The molecule has 3 heterocycles. The maximum absolute atomic E-state index is 14.8. The summed E-state index contributed by atoms with van der Waals surface area (Å²) in [5.74, 6) is -8.95. The number of carboxylic acids is 3. The van der Waals surface area contributed by atoms with E-state index in [0.717, 1.165) is 16.5 Å². The third-order valence-corrected chi connectivity index (χ3v) is 17.7. The van der Waals surface area contributed by atoms with E-state index >= 15 is 0 Å². The summed E-state index contributed by atoms with van der Waals surface area (Å²) in [5, 5.41) is 51.3. The van der Waals surface area contributed by atoms with Crippen molar-refractivity contribution in [1.82, 2.24) is 77.1 Å². The van der Waals surface area contributed by atoms with Gasteiger partial charge in [-0.1, -0.05) is 85.3 Å². The number of hydrogen-bond acceptors (Lipinski definition) is 18. The molecule has 106 heavy (non-hydrogen) atoms. The highest BCUT2D eigenvalue weighted by Crippen LogP contribution is 2.20. The van der Waals surface area contributed by atoms with Crippen LogP contribution in [-0.2, 0) is 83.2 Å². The van der Waals surface area contributed by atoms with E-state index in [9.17, 15) is 72.9 Å². The minimum absolute atomic E-state index is 0.000127. The molecule has 576 valence electrons. The Morgan fingerprint density at radius 1 is 0.462 bits per heavy atom. The Hall–Kier alpha value is -10.8. The first kappa shape index (κ1) is 84.1. The molecule has 0 aliphatic carbocycles. The van der Waals surface area contributed by atoms with Crippen molar-refractivity contribution in [3.05, 3.63) is 126 Å². The Balaban J connectivity index is 0.996. The van der Waals surface area contributed by atoms with Gasteiger partial charge in [-0.05, 0) is 80.5 Å². The Morgan fingerprint density at radius 3 is 1.54 bits per heavy atom. The largest absolute Gasteiger partial charge is 0.480 e. The van der Waals surface area contributed by atoms with E-state index in [-0.39, 0.29) is 154 Å². The molecule has 1 aliphatic heterocycles. The summed E-state index contributed by atoms with van der Waals surface area (Å²) in [7, 11) is 0. The molecule has 5 aromatic rings. The first-order chi connectivity index (χ1) is 51.0. The first-order valence-corrected chi connectivity index (χ1v) is 35.8. The van der Waals surface area contributed by atoms with Gasteiger partial charge in [0.15, 0.2) is 5.96 Å². The number of carbonyl (C=O) groups is 12. The zero-order valence-electron chi connectivity index (χ0n) is 59.8. The quantitative estimate of drug-likeness (QED) is 0.0119. The van der Waals surface area contributed by atoms with Crippen LogP contribution in [0.5, 0.6) is 0 Å². The number of carbonyl (C=O) groups excluding carboxylic acids is 9. The van der Waals surface area contributed by atoms with Gasteiger partial charge >= 0.3 is 17.9 Å². The molecule has 1 fully saturated rings. The van der Waals surface area contributed by atoms with Crippen LogP contribution in [0.1, 0.15) is 93.0 Å². The van der Waals surface area contributed by atoms with Gasteiger partial charge in [-0.25, -0.2) is 4.98 Å². The van der Waals surface area contributed by atoms with Crippen molar-refractivity contribution >= 4 is 87.9 Å². The lowest BCUT2D eigenvalue weighted by molar-refractivity contribution is -0.140. The summed E-state index contributed by atoms with van der Waals surface area (Å²) in [6.45, 7) is 1.23. The zero-order chi connectivity index (χ0) is 76.6. The van der Waals surface area contributed by atoms with Crippen LogP contribution in [0.2, 0.25) is 0 Å². The van der Waals surface area contributed by atoms with Gasteiger partial charge < -0.3 is 85.0 Å². The molecule has 5 atom stereocenters. The summed E-state index contributed by atoms with van der Waals surface area (Å²) >= 11 is 0. The van der Waals surface area contributed by atoms with Gasteiger partial charge in [-0.3, -0.25) is 82.1 Å². The summed E-state index contributed by atoms with van der Waals surface area (Å²) in [6, 6.07) is 19.4. The highest BCUT2D eigenvalue weighted by Gasteiger charge is 2.33. The number of aryl methyl sites for hydroxylation is 1. The van der Waals surface area contributed by atoms with E-state index in [1.165, 1.54) is 12.5 Å². The number of aromatic nitrogens is 3. The van der Waals surface area contributed by atoms with Gasteiger partial charge in [0, 0.05) is 133 Å². The smallest absolute Gasteiger partial charge is 0.317 e. The lowest BCUT2D eigenvalue weighted by Crippen LogP contribution is -2.59. The molecule has 0 spiro atoms. The minimum Gasteiger partial charge on any atom is -0.480 e. The molecule has 0 bridgehead atoms. The van der Waals surface area contributed by atoms with Gasteiger partial charge in [-0.2, -0.15) is 0 Å². The molecule has 19 N–H and O–H groups in total. The molecule has 0 unspecified atom stereocenters. The van der Waals surface area contributed by atoms with Crippen LogP contribution in [0.4, 0.5) is 0 Å². The van der Waals surface area contributed by atoms with Crippen molar-refractivity contribution in [3.63, 3.8) is 0 Å². The van der Waals surface area contributed by atoms with Crippen molar-refractivity contribution in [1.29, 1.82) is 0 Å². The number of para-hydroxylation sites is 1. The number of primary amides is 1. The lowest BCUT2D eigenvalue weighted by atomic mass is 10.0. The topological polar surface area (TPSA) is 510 Å². The third kappa shape index (κ3) is 32.9. The van der Waals surface area contributed by atoms with Gasteiger partial charge in [0.25, 0.3) is 0 Å². The van der Waals surface area contributed by atoms with Gasteiger partial charge in [0.1, 0.15) is 30.2 Å². The van der Waals surface area contributed by atoms with Crippen molar-refractivity contribution in [3.8, 4) is 0 Å². The molecule has 3 aromatic carbocycles. The van der Waals surface area contributed by atoms with Crippen molar-refractivity contribution in [2.75, 3.05) is 105 Å². The Kier molecular flexibility index (Phi) is 36.6. The molecule has 0 saturated carbocycles. The number of unbranched alkanes of at least 4 members (excludes halogenated alkanes) is 3. The molecular formula is C72H103N19O15. The van der Waals surface area contributed by atoms with Gasteiger partial charge in [-0.15, -0.1) is 0 Å². The van der Waals surface area contributed by atoms with Crippen molar-refractivity contribution in [2.45, 2.75) is 127 Å². The van der Waals surface area contributed by atoms with E-state index in [4.69, 9.17) is 17.2 Å². The average molecular weight is 1470 g/mol. The number of rotatable bonds is 45. The van der Waals surface area contributed by atoms with Gasteiger partial charge in [0.2, 0.25) is 53.2 Å². The summed E-state index contributed by atoms with van der Waals surface area (Å²) in [4.78, 5) is 180. The molecule has 9 amide bonds. The van der Waals surface area contributed by atoms with Crippen LogP contribution in [0, 0.1) is 0 Å². The number of imidazole rings is 1. The molecular weight excluding hydrogens is 1370 g/mol. The molecule has 1 aliphatic rings. The maximum Gasteiger partial charge on any atom is 0.317 e. The van der Waals surface area contributed by atoms with E-state index in [1.807, 2.05) is 53.4 Å². The number of guanidine groups is 1. The maximum atomic E-state index is 14.8. The predicted octanol–water partition coefficient (Wildman–Crippen LogP) is -1.54. The number of aliphatic imine (C=N–C) groups is 1. The predicted molar refractivity (Wildman–Crippen MR) is 393 cm³/mol. The van der Waals surface area contributed by atoms with Crippen LogP contribution in [0.3, 0.4) is 0 Å². The third-order valence-electron chi connectivity index (χ3n) is 17.7. The van der Waals surface area contributed by atoms with Crippen LogP contribution in [-0.4, -0.2) is 262 Å².